The summed E-state index contributed by atoms with van der Waals surface area (Å²) in [5, 5.41) is 3.49. The van der Waals surface area contributed by atoms with Crippen LogP contribution in [0.25, 0.3) is 0 Å². The van der Waals surface area contributed by atoms with E-state index in [9.17, 15) is 0 Å². The number of nitrogens with zero attached hydrogens (tertiary/aromatic N) is 1. The second-order valence-electron chi connectivity index (χ2n) is 5.49. The lowest BCUT2D eigenvalue weighted by Crippen LogP contribution is -2.53. The third kappa shape index (κ3) is 4.49. The third-order valence-electron chi connectivity index (χ3n) is 2.90. The summed E-state index contributed by atoms with van der Waals surface area (Å²) in [6.07, 6.45) is 0. The van der Waals surface area contributed by atoms with Gasteiger partial charge in [0.25, 0.3) is 0 Å². The molecule has 0 saturated carbocycles. The van der Waals surface area contributed by atoms with Gasteiger partial charge in [-0.25, -0.2) is 0 Å². The van der Waals surface area contributed by atoms with Crippen LogP contribution in [0.2, 0.25) is 0 Å². The van der Waals surface area contributed by atoms with Crippen molar-refractivity contribution in [3.8, 4) is 0 Å². The van der Waals surface area contributed by atoms with Crippen molar-refractivity contribution in [1.29, 1.82) is 0 Å². The molecule has 90 valence electrons. The van der Waals surface area contributed by atoms with Gasteiger partial charge in [-0.05, 0) is 20.8 Å². The van der Waals surface area contributed by atoms with Gasteiger partial charge in [-0.15, -0.1) is 0 Å². The van der Waals surface area contributed by atoms with Gasteiger partial charge in [-0.1, -0.05) is 13.8 Å². The van der Waals surface area contributed by atoms with E-state index in [1.807, 2.05) is 0 Å². The molecule has 0 aromatic rings. The summed E-state index contributed by atoms with van der Waals surface area (Å²) in [5.74, 6) is 0. The standard InChI is InChI=1S/C12H26N2O/c1-10(2)13-8-11(3)14-6-7-15-12(4,5)9-14/h10-11,13H,6-9H2,1-5H3. The molecule has 1 unspecified atom stereocenters. The van der Waals surface area contributed by atoms with Crippen LogP contribution < -0.4 is 5.32 Å². The second-order valence-corrected chi connectivity index (χ2v) is 5.49. The summed E-state index contributed by atoms with van der Waals surface area (Å²) in [6, 6.07) is 1.16. The van der Waals surface area contributed by atoms with Crippen LogP contribution in [0.15, 0.2) is 0 Å². The first-order chi connectivity index (χ1) is 6.91. The molecule has 1 fully saturated rings. The van der Waals surface area contributed by atoms with Gasteiger partial charge in [-0.2, -0.15) is 0 Å². The van der Waals surface area contributed by atoms with Crippen molar-refractivity contribution in [3.05, 3.63) is 0 Å². The average molecular weight is 214 g/mol. The van der Waals surface area contributed by atoms with E-state index in [0.717, 1.165) is 26.2 Å². The molecule has 1 saturated heterocycles. The van der Waals surface area contributed by atoms with Crippen LogP contribution in [0.3, 0.4) is 0 Å². The summed E-state index contributed by atoms with van der Waals surface area (Å²) in [5.41, 5.74) is 0.0182. The van der Waals surface area contributed by atoms with Gasteiger partial charge in [0.05, 0.1) is 12.2 Å². The molecule has 0 aromatic carbocycles. The van der Waals surface area contributed by atoms with Crippen molar-refractivity contribution in [2.45, 2.75) is 52.3 Å². The Morgan fingerprint density at radius 2 is 2.00 bits per heavy atom. The predicted octanol–water partition coefficient (Wildman–Crippen LogP) is 1.48. The Kier molecular flexibility index (Phi) is 4.56. The lowest BCUT2D eigenvalue weighted by atomic mass is 10.1. The van der Waals surface area contributed by atoms with Gasteiger partial charge in [0.1, 0.15) is 0 Å². The molecule has 1 aliphatic rings. The van der Waals surface area contributed by atoms with Gasteiger partial charge >= 0.3 is 0 Å². The van der Waals surface area contributed by atoms with Crippen LogP contribution in [-0.4, -0.2) is 48.8 Å². The maximum absolute atomic E-state index is 5.71. The quantitative estimate of drug-likeness (QED) is 0.767. The molecule has 1 N–H and O–H groups in total. The smallest absolute Gasteiger partial charge is 0.0753 e. The van der Waals surface area contributed by atoms with E-state index in [1.54, 1.807) is 0 Å². The minimum Gasteiger partial charge on any atom is -0.373 e. The van der Waals surface area contributed by atoms with Gasteiger partial charge < -0.3 is 10.1 Å². The molecule has 0 amide bonds. The first-order valence-electron chi connectivity index (χ1n) is 6.02. The fourth-order valence-electron chi connectivity index (χ4n) is 1.96. The van der Waals surface area contributed by atoms with Gasteiger partial charge in [0.15, 0.2) is 0 Å². The normalized spacial score (nSPS) is 24.4. The van der Waals surface area contributed by atoms with E-state index in [-0.39, 0.29) is 5.60 Å². The molecule has 3 heteroatoms. The zero-order valence-electron chi connectivity index (χ0n) is 10.8. The van der Waals surface area contributed by atoms with Gasteiger partial charge in [0, 0.05) is 31.7 Å². The molecule has 3 nitrogen and oxygen atoms in total. The van der Waals surface area contributed by atoms with Crippen molar-refractivity contribution in [2.75, 3.05) is 26.2 Å². The molecule has 15 heavy (non-hydrogen) atoms. The van der Waals surface area contributed by atoms with E-state index in [1.165, 1.54) is 0 Å². The number of ether oxygens (including phenoxy) is 1. The fraction of sp³-hybridized carbons (Fsp3) is 1.00. The van der Waals surface area contributed by atoms with Crippen LogP contribution in [0.4, 0.5) is 0 Å². The number of nitrogens with one attached hydrogen (secondary N) is 1. The highest BCUT2D eigenvalue weighted by molar-refractivity contribution is 4.82. The number of morpholine rings is 1. The largest absolute Gasteiger partial charge is 0.373 e. The topological polar surface area (TPSA) is 24.5 Å². The van der Waals surface area contributed by atoms with Crippen LogP contribution in [-0.2, 0) is 4.74 Å². The van der Waals surface area contributed by atoms with Crippen molar-refractivity contribution in [1.82, 2.24) is 10.2 Å². The molecule has 0 aliphatic carbocycles. The zero-order chi connectivity index (χ0) is 11.5. The molecular formula is C12H26N2O. The lowest BCUT2D eigenvalue weighted by Gasteiger charge is -2.41. The molecule has 1 atom stereocenters. The Morgan fingerprint density at radius 1 is 1.33 bits per heavy atom. The van der Waals surface area contributed by atoms with Crippen molar-refractivity contribution in [2.24, 2.45) is 0 Å². The number of hydrogen-bond acceptors (Lipinski definition) is 3. The summed E-state index contributed by atoms with van der Waals surface area (Å²) >= 11 is 0. The van der Waals surface area contributed by atoms with E-state index >= 15 is 0 Å². The summed E-state index contributed by atoms with van der Waals surface area (Å²) in [4.78, 5) is 2.51. The minimum absolute atomic E-state index is 0.0182. The van der Waals surface area contributed by atoms with E-state index < -0.39 is 0 Å². The predicted molar refractivity (Wildman–Crippen MR) is 64.2 cm³/mol. The Hall–Kier alpha value is -0.120. The highest BCUT2D eigenvalue weighted by Crippen LogP contribution is 2.17. The molecule has 1 aliphatic heterocycles. The van der Waals surface area contributed by atoms with Crippen molar-refractivity contribution >= 4 is 0 Å². The number of rotatable bonds is 4. The summed E-state index contributed by atoms with van der Waals surface area (Å²) in [6.45, 7) is 15.0. The molecule has 1 rings (SSSR count). The molecule has 0 radical (unpaired) electrons. The maximum atomic E-state index is 5.71. The van der Waals surface area contributed by atoms with E-state index in [0.29, 0.717) is 12.1 Å². The SMILES string of the molecule is CC(C)NCC(C)N1CCOC(C)(C)C1. The Balaban J connectivity index is 2.35. The monoisotopic (exact) mass is 214 g/mol. The molecule has 0 bridgehead atoms. The van der Waals surface area contributed by atoms with Gasteiger partial charge in [-0.3, -0.25) is 4.90 Å². The minimum atomic E-state index is 0.0182. The van der Waals surface area contributed by atoms with Crippen LogP contribution in [0.1, 0.15) is 34.6 Å². The average Bonchev–Trinajstić information content (AvgIpc) is 2.12. The van der Waals surface area contributed by atoms with Gasteiger partial charge in [0.2, 0.25) is 0 Å². The third-order valence-corrected chi connectivity index (χ3v) is 2.90. The Morgan fingerprint density at radius 3 is 2.53 bits per heavy atom. The fourth-order valence-corrected chi connectivity index (χ4v) is 1.96. The maximum Gasteiger partial charge on any atom is 0.0753 e. The Bertz CT molecular complexity index is 192. The highest BCUT2D eigenvalue weighted by atomic mass is 16.5. The first kappa shape index (κ1) is 12.9. The van der Waals surface area contributed by atoms with Crippen molar-refractivity contribution < 1.29 is 4.74 Å². The van der Waals surface area contributed by atoms with Crippen molar-refractivity contribution in [3.63, 3.8) is 0 Å². The van der Waals surface area contributed by atoms with E-state index in [2.05, 4.69) is 44.8 Å². The first-order valence-corrected chi connectivity index (χ1v) is 6.02. The highest BCUT2D eigenvalue weighted by Gasteiger charge is 2.29. The number of hydrogen-bond donors (Lipinski definition) is 1. The Labute approximate surface area is 94.2 Å². The second kappa shape index (κ2) is 5.28. The lowest BCUT2D eigenvalue weighted by molar-refractivity contribution is -0.0951. The van der Waals surface area contributed by atoms with E-state index in [4.69, 9.17) is 4.74 Å². The molecule has 0 spiro atoms. The summed E-state index contributed by atoms with van der Waals surface area (Å²) in [7, 11) is 0. The molecular weight excluding hydrogens is 188 g/mol. The van der Waals surface area contributed by atoms with Crippen LogP contribution >= 0.6 is 0 Å². The van der Waals surface area contributed by atoms with Crippen LogP contribution in [0, 0.1) is 0 Å². The zero-order valence-corrected chi connectivity index (χ0v) is 10.8. The van der Waals surface area contributed by atoms with Crippen LogP contribution in [0.5, 0.6) is 0 Å². The molecule has 1 heterocycles. The molecule has 0 aromatic heterocycles. The summed E-state index contributed by atoms with van der Waals surface area (Å²) < 4.78 is 5.71.